The molecule has 2 aliphatic rings. The summed E-state index contributed by atoms with van der Waals surface area (Å²) in [5.41, 5.74) is 9.63. The number of rotatable bonds is 1. The number of aryl methyl sites for hydroxylation is 2. The van der Waals surface area contributed by atoms with Crippen LogP contribution >= 0.6 is 0 Å². The SMILES string of the molecule is Cn1cc2c(c1)C(CN)C1(CC2)CC1. The van der Waals surface area contributed by atoms with E-state index in [4.69, 9.17) is 5.73 Å². The summed E-state index contributed by atoms with van der Waals surface area (Å²) in [6.45, 7) is 0.830. The van der Waals surface area contributed by atoms with Crippen molar-refractivity contribution >= 4 is 0 Å². The Bertz CT molecular complexity index is 360. The van der Waals surface area contributed by atoms with E-state index in [1.165, 1.54) is 25.7 Å². The zero-order valence-electron chi connectivity index (χ0n) is 8.79. The second kappa shape index (κ2) is 2.63. The van der Waals surface area contributed by atoms with Crippen molar-refractivity contribution in [3.63, 3.8) is 0 Å². The van der Waals surface area contributed by atoms with Crippen molar-refractivity contribution in [2.75, 3.05) is 6.54 Å². The summed E-state index contributed by atoms with van der Waals surface area (Å²) < 4.78 is 2.19. The molecule has 1 fully saturated rings. The van der Waals surface area contributed by atoms with Gasteiger partial charge in [-0.25, -0.2) is 0 Å². The number of nitrogens with two attached hydrogens (primary N) is 1. The summed E-state index contributed by atoms with van der Waals surface area (Å²) in [6, 6.07) is 0. The van der Waals surface area contributed by atoms with Gasteiger partial charge in [-0.2, -0.15) is 0 Å². The van der Waals surface area contributed by atoms with Crippen LogP contribution in [0.4, 0.5) is 0 Å². The highest BCUT2D eigenvalue weighted by molar-refractivity contribution is 5.35. The highest BCUT2D eigenvalue weighted by Crippen LogP contribution is 2.61. The first-order valence-electron chi connectivity index (χ1n) is 5.60. The van der Waals surface area contributed by atoms with E-state index in [2.05, 4.69) is 24.0 Å². The predicted molar refractivity (Wildman–Crippen MR) is 57.2 cm³/mol. The Kier molecular flexibility index (Phi) is 1.61. The van der Waals surface area contributed by atoms with Crippen LogP contribution < -0.4 is 5.73 Å². The standard InChI is InChI=1S/C12H18N2/c1-14-7-9-2-3-12(4-5-12)11(6-13)10(9)8-14/h7-8,11H,2-6,13H2,1H3. The maximum Gasteiger partial charge on any atom is 0.0106 e. The fourth-order valence-electron chi connectivity index (χ4n) is 3.21. The van der Waals surface area contributed by atoms with Crippen molar-refractivity contribution in [2.45, 2.75) is 31.6 Å². The molecule has 0 bridgehead atoms. The fraction of sp³-hybridized carbons (Fsp3) is 0.667. The number of aromatic nitrogens is 1. The second-order valence-electron chi connectivity index (χ2n) is 5.05. The van der Waals surface area contributed by atoms with Crippen LogP contribution in [0.15, 0.2) is 12.4 Å². The van der Waals surface area contributed by atoms with Gasteiger partial charge in [-0.05, 0) is 48.8 Å². The molecule has 1 saturated carbocycles. The molecule has 1 atom stereocenters. The van der Waals surface area contributed by atoms with Crippen LogP contribution in [-0.4, -0.2) is 11.1 Å². The smallest absolute Gasteiger partial charge is 0.0106 e. The van der Waals surface area contributed by atoms with Gasteiger partial charge in [0.1, 0.15) is 0 Å². The summed E-state index contributed by atoms with van der Waals surface area (Å²) in [5, 5.41) is 0. The first kappa shape index (κ1) is 8.54. The summed E-state index contributed by atoms with van der Waals surface area (Å²) in [6.07, 6.45) is 10.0. The molecule has 0 aromatic carbocycles. The zero-order valence-corrected chi connectivity index (χ0v) is 8.79. The predicted octanol–water partition coefficient (Wildman–Crippen LogP) is 1.79. The van der Waals surface area contributed by atoms with Crippen LogP contribution in [0.3, 0.4) is 0 Å². The van der Waals surface area contributed by atoms with E-state index in [1.54, 1.807) is 11.1 Å². The average molecular weight is 190 g/mol. The number of fused-ring (bicyclic) bond motifs is 1. The first-order chi connectivity index (χ1) is 6.75. The Morgan fingerprint density at radius 3 is 2.86 bits per heavy atom. The number of hydrogen-bond donors (Lipinski definition) is 1. The summed E-state index contributed by atoms with van der Waals surface area (Å²) in [5.74, 6) is 0.646. The molecular formula is C12H18N2. The zero-order chi connectivity index (χ0) is 9.76. The minimum Gasteiger partial charge on any atom is -0.357 e. The van der Waals surface area contributed by atoms with Crippen molar-refractivity contribution < 1.29 is 0 Å². The maximum absolute atomic E-state index is 5.93. The Balaban J connectivity index is 2.05. The van der Waals surface area contributed by atoms with Gasteiger partial charge >= 0.3 is 0 Å². The molecule has 1 heterocycles. The lowest BCUT2D eigenvalue weighted by molar-refractivity contribution is 0.353. The maximum atomic E-state index is 5.93. The van der Waals surface area contributed by atoms with E-state index < -0.39 is 0 Å². The average Bonchev–Trinajstić information content (AvgIpc) is 2.82. The topological polar surface area (TPSA) is 30.9 Å². The molecule has 0 radical (unpaired) electrons. The molecule has 0 saturated heterocycles. The number of hydrogen-bond acceptors (Lipinski definition) is 1. The van der Waals surface area contributed by atoms with Crippen LogP contribution in [0.1, 0.15) is 36.3 Å². The highest BCUT2D eigenvalue weighted by atomic mass is 14.9. The third-order valence-corrected chi connectivity index (χ3v) is 4.21. The van der Waals surface area contributed by atoms with Crippen LogP contribution in [0.2, 0.25) is 0 Å². The summed E-state index contributed by atoms with van der Waals surface area (Å²) in [7, 11) is 2.12. The molecule has 1 aromatic heterocycles. The summed E-state index contributed by atoms with van der Waals surface area (Å²) >= 11 is 0. The van der Waals surface area contributed by atoms with E-state index >= 15 is 0 Å². The van der Waals surface area contributed by atoms with Crippen molar-refractivity contribution in [3.05, 3.63) is 23.5 Å². The minimum absolute atomic E-state index is 0.614. The van der Waals surface area contributed by atoms with Crippen molar-refractivity contribution in [1.29, 1.82) is 0 Å². The Hall–Kier alpha value is -0.760. The van der Waals surface area contributed by atoms with Gasteiger partial charge in [-0.3, -0.25) is 0 Å². The van der Waals surface area contributed by atoms with Gasteiger partial charge in [0.15, 0.2) is 0 Å². The van der Waals surface area contributed by atoms with Crippen molar-refractivity contribution in [2.24, 2.45) is 18.2 Å². The van der Waals surface area contributed by atoms with Gasteiger partial charge in [-0.1, -0.05) is 0 Å². The van der Waals surface area contributed by atoms with Gasteiger partial charge in [-0.15, -0.1) is 0 Å². The fourth-order valence-corrected chi connectivity index (χ4v) is 3.21. The molecule has 0 aliphatic heterocycles. The van der Waals surface area contributed by atoms with Gasteiger partial charge in [0, 0.05) is 25.4 Å². The van der Waals surface area contributed by atoms with Crippen LogP contribution in [0, 0.1) is 5.41 Å². The van der Waals surface area contributed by atoms with Gasteiger partial charge in [0.05, 0.1) is 0 Å². The molecule has 1 spiro atoms. The third-order valence-electron chi connectivity index (χ3n) is 4.21. The molecule has 2 nitrogen and oxygen atoms in total. The largest absolute Gasteiger partial charge is 0.357 e. The molecule has 3 rings (SSSR count). The minimum atomic E-state index is 0.614. The molecule has 0 amide bonds. The van der Waals surface area contributed by atoms with Crippen LogP contribution in [-0.2, 0) is 13.5 Å². The Morgan fingerprint density at radius 2 is 2.21 bits per heavy atom. The highest BCUT2D eigenvalue weighted by Gasteiger charge is 2.51. The van der Waals surface area contributed by atoms with Gasteiger partial charge in [0.25, 0.3) is 0 Å². The third kappa shape index (κ3) is 1.01. The van der Waals surface area contributed by atoms with Gasteiger partial charge in [0.2, 0.25) is 0 Å². The first-order valence-corrected chi connectivity index (χ1v) is 5.60. The van der Waals surface area contributed by atoms with E-state index in [9.17, 15) is 0 Å². The van der Waals surface area contributed by atoms with E-state index in [1.807, 2.05) is 0 Å². The molecule has 14 heavy (non-hydrogen) atoms. The monoisotopic (exact) mass is 190 g/mol. The Morgan fingerprint density at radius 1 is 1.43 bits per heavy atom. The van der Waals surface area contributed by atoms with Crippen molar-refractivity contribution in [3.8, 4) is 0 Å². The van der Waals surface area contributed by atoms with E-state index in [0.717, 1.165) is 6.54 Å². The normalized spacial score (nSPS) is 27.7. The van der Waals surface area contributed by atoms with Gasteiger partial charge < -0.3 is 10.3 Å². The quantitative estimate of drug-likeness (QED) is 0.719. The lowest BCUT2D eigenvalue weighted by atomic mass is 9.74. The van der Waals surface area contributed by atoms with E-state index in [-0.39, 0.29) is 0 Å². The lowest BCUT2D eigenvalue weighted by Gasteiger charge is -2.31. The number of nitrogens with zero attached hydrogens (tertiary/aromatic N) is 1. The second-order valence-corrected chi connectivity index (χ2v) is 5.05. The lowest BCUT2D eigenvalue weighted by Crippen LogP contribution is -2.27. The molecule has 2 heteroatoms. The molecule has 2 N–H and O–H groups in total. The summed E-state index contributed by atoms with van der Waals surface area (Å²) in [4.78, 5) is 0. The van der Waals surface area contributed by atoms with Crippen molar-refractivity contribution in [1.82, 2.24) is 4.57 Å². The Labute approximate surface area is 85.1 Å². The van der Waals surface area contributed by atoms with Crippen LogP contribution in [0.5, 0.6) is 0 Å². The van der Waals surface area contributed by atoms with Crippen LogP contribution in [0.25, 0.3) is 0 Å². The molecular weight excluding hydrogens is 172 g/mol. The molecule has 1 unspecified atom stereocenters. The molecule has 2 aliphatic carbocycles. The molecule has 76 valence electrons. The molecule has 1 aromatic rings. The van der Waals surface area contributed by atoms with E-state index in [0.29, 0.717) is 11.3 Å².